The summed E-state index contributed by atoms with van der Waals surface area (Å²) in [5, 5.41) is 8.75. The van der Waals surface area contributed by atoms with Gasteiger partial charge >= 0.3 is 0 Å². The van der Waals surface area contributed by atoms with Gasteiger partial charge in [-0.05, 0) is 50.2 Å². The van der Waals surface area contributed by atoms with Crippen LogP contribution in [0.15, 0.2) is 46.8 Å². The minimum absolute atomic E-state index is 0. The molecule has 2 N–H and O–H groups in total. The van der Waals surface area contributed by atoms with Crippen LogP contribution in [-0.4, -0.2) is 38.0 Å². The number of likely N-dealkylation sites (N-methyl/N-ethyl adjacent to an activating group) is 1. The number of thiophene rings is 1. The van der Waals surface area contributed by atoms with E-state index in [9.17, 15) is 4.39 Å². The maximum Gasteiger partial charge on any atom is 0.191 e. The van der Waals surface area contributed by atoms with Crippen LogP contribution < -0.4 is 10.6 Å². The maximum atomic E-state index is 13.0. The van der Waals surface area contributed by atoms with E-state index in [4.69, 9.17) is 0 Å². The van der Waals surface area contributed by atoms with Gasteiger partial charge in [-0.25, -0.2) is 9.38 Å². The Balaban J connectivity index is 0.00000312. The third kappa shape index (κ3) is 7.29. The summed E-state index contributed by atoms with van der Waals surface area (Å²) in [7, 11) is 4.16. The standard InChI is InChI=1S/C18H25FN4S.HI/c1-4-20-18(21-12-14-7-9-15(19)10-8-14)22-13-16(23(2)3)17-6-5-11-24-17;/h5-11,16H,4,12-13H2,1-3H3,(H2,20,21,22);1H. The van der Waals surface area contributed by atoms with Crippen LogP contribution in [0.4, 0.5) is 4.39 Å². The first-order chi connectivity index (χ1) is 11.6. The van der Waals surface area contributed by atoms with Crippen LogP contribution >= 0.6 is 35.3 Å². The molecule has 0 saturated heterocycles. The van der Waals surface area contributed by atoms with Gasteiger partial charge in [0.05, 0.1) is 12.6 Å². The van der Waals surface area contributed by atoms with Gasteiger partial charge in [-0.2, -0.15) is 0 Å². The van der Waals surface area contributed by atoms with Crippen molar-refractivity contribution in [2.75, 3.05) is 27.2 Å². The van der Waals surface area contributed by atoms with Crippen LogP contribution in [0.3, 0.4) is 0 Å². The SMILES string of the molecule is CCNC(=NCc1ccc(F)cc1)NCC(c1cccs1)N(C)C.I. The number of halogens is 2. The fourth-order valence-electron chi connectivity index (χ4n) is 2.31. The summed E-state index contributed by atoms with van der Waals surface area (Å²) in [6.45, 7) is 4.11. The van der Waals surface area contributed by atoms with E-state index in [1.165, 1.54) is 17.0 Å². The van der Waals surface area contributed by atoms with Gasteiger partial charge in [0.25, 0.3) is 0 Å². The quantitative estimate of drug-likeness (QED) is 0.362. The van der Waals surface area contributed by atoms with Crippen molar-refractivity contribution in [2.24, 2.45) is 4.99 Å². The Morgan fingerprint density at radius 2 is 1.92 bits per heavy atom. The molecule has 2 rings (SSSR count). The Labute approximate surface area is 170 Å². The van der Waals surface area contributed by atoms with Crippen LogP contribution in [0.5, 0.6) is 0 Å². The van der Waals surface area contributed by atoms with Gasteiger partial charge in [-0.3, -0.25) is 0 Å². The molecule has 25 heavy (non-hydrogen) atoms. The highest BCUT2D eigenvalue weighted by Crippen LogP contribution is 2.22. The molecule has 1 heterocycles. The molecule has 0 aliphatic carbocycles. The summed E-state index contributed by atoms with van der Waals surface area (Å²) < 4.78 is 13.0. The normalized spacial score (nSPS) is 12.6. The Bertz CT molecular complexity index is 629. The predicted octanol–water partition coefficient (Wildman–Crippen LogP) is 3.86. The molecule has 1 aromatic heterocycles. The zero-order valence-electron chi connectivity index (χ0n) is 14.8. The zero-order chi connectivity index (χ0) is 17.4. The third-order valence-corrected chi connectivity index (χ3v) is 4.61. The van der Waals surface area contributed by atoms with Crippen LogP contribution in [-0.2, 0) is 6.54 Å². The molecule has 4 nitrogen and oxygen atoms in total. The molecule has 1 aromatic carbocycles. The zero-order valence-corrected chi connectivity index (χ0v) is 18.0. The molecular formula is C18H26FIN4S. The summed E-state index contributed by atoms with van der Waals surface area (Å²) in [6, 6.07) is 11.0. The van der Waals surface area contributed by atoms with E-state index in [0.717, 1.165) is 24.6 Å². The Hall–Kier alpha value is -1.19. The minimum atomic E-state index is -0.225. The lowest BCUT2D eigenvalue weighted by atomic mass is 10.2. The summed E-state index contributed by atoms with van der Waals surface area (Å²) in [4.78, 5) is 8.10. The van der Waals surface area contributed by atoms with Crippen LogP contribution in [0.2, 0.25) is 0 Å². The van der Waals surface area contributed by atoms with Crippen molar-refractivity contribution >= 4 is 41.3 Å². The van der Waals surface area contributed by atoms with Crippen LogP contribution in [0.25, 0.3) is 0 Å². The predicted molar refractivity (Wildman–Crippen MR) is 115 cm³/mol. The second-order valence-corrected chi connectivity index (χ2v) is 6.68. The van der Waals surface area contributed by atoms with E-state index in [1.807, 2.05) is 6.92 Å². The second kappa shape index (κ2) is 11.4. The molecular weight excluding hydrogens is 450 g/mol. The van der Waals surface area contributed by atoms with Crippen molar-refractivity contribution in [3.05, 3.63) is 58.0 Å². The van der Waals surface area contributed by atoms with Crippen molar-refractivity contribution < 1.29 is 4.39 Å². The van der Waals surface area contributed by atoms with Gasteiger partial charge in [-0.1, -0.05) is 18.2 Å². The lowest BCUT2D eigenvalue weighted by molar-refractivity contribution is 0.302. The van der Waals surface area contributed by atoms with Crippen molar-refractivity contribution in [3.63, 3.8) is 0 Å². The number of aliphatic imine (C=N–C) groups is 1. The first-order valence-corrected chi connectivity index (χ1v) is 8.94. The average Bonchev–Trinajstić information content (AvgIpc) is 3.08. The molecule has 0 aliphatic rings. The summed E-state index contributed by atoms with van der Waals surface area (Å²) in [5.74, 6) is 0.544. The number of hydrogen-bond donors (Lipinski definition) is 2. The lowest BCUT2D eigenvalue weighted by Crippen LogP contribution is -2.41. The first kappa shape index (κ1) is 21.9. The van der Waals surface area contributed by atoms with Crippen LogP contribution in [0.1, 0.15) is 23.4 Å². The monoisotopic (exact) mass is 476 g/mol. The minimum Gasteiger partial charge on any atom is -0.357 e. The van der Waals surface area contributed by atoms with E-state index in [2.05, 4.69) is 52.1 Å². The smallest absolute Gasteiger partial charge is 0.191 e. The topological polar surface area (TPSA) is 39.7 Å². The fraction of sp³-hybridized carbons (Fsp3) is 0.389. The summed E-state index contributed by atoms with van der Waals surface area (Å²) in [5.41, 5.74) is 0.982. The molecule has 0 radical (unpaired) electrons. The average molecular weight is 476 g/mol. The molecule has 0 aliphatic heterocycles. The highest BCUT2D eigenvalue weighted by molar-refractivity contribution is 14.0. The van der Waals surface area contributed by atoms with Gasteiger partial charge in [0.15, 0.2) is 5.96 Å². The molecule has 0 spiro atoms. The van der Waals surface area contributed by atoms with Gasteiger partial charge < -0.3 is 15.5 Å². The lowest BCUT2D eigenvalue weighted by Gasteiger charge is -2.24. The Morgan fingerprint density at radius 3 is 2.48 bits per heavy atom. The summed E-state index contributed by atoms with van der Waals surface area (Å²) in [6.07, 6.45) is 0. The maximum absolute atomic E-state index is 13.0. The largest absolute Gasteiger partial charge is 0.357 e. The van der Waals surface area contributed by atoms with Crippen molar-refractivity contribution in [3.8, 4) is 0 Å². The summed E-state index contributed by atoms with van der Waals surface area (Å²) >= 11 is 1.76. The molecule has 2 aromatic rings. The van der Waals surface area contributed by atoms with Gasteiger partial charge in [0.2, 0.25) is 0 Å². The molecule has 7 heteroatoms. The van der Waals surface area contributed by atoms with Gasteiger partial charge in [0, 0.05) is 18.0 Å². The molecule has 0 bridgehead atoms. The van der Waals surface area contributed by atoms with E-state index in [-0.39, 0.29) is 29.8 Å². The van der Waals surface area contributed by atoms with E-state index in [0.29, 0.717) is 12.6 Å². The Morgan fingerprint density at radius 1 is 1.20 bits per heavy atom. The number of benzene rings is 1. The number of nitrogens with one attached hydrogen (secondary N) is 2. The van der Waals surface area contributed by atoms with E-state index in [1.54, 1.807) is 23.5 Å². The molecule has 1 unspecified atom stereocenters. The van der Waals surface area contributed by atoms with Crippen molar-refractivity contribution in [2.45, 2.75) is 19.5 Å². The van der Waals surface area contributed by atoms with Gasteiger partial charge in [-0.15, -0.1) is 35.3 Å². The number of nitrogens with zero attached hydrogens (tertiary/aromatic N) is 2. The van der Waals surface area contributed by atoms with Gasteiger partial charge in [0.1, 0.15) is 5.82 Å². The Kier molecular flexibility index (Phi) is 9.99. The fourth-order valence-corrected chi connectivity index (χ4v) is 3.24. The van der Waals surface area contributed by atoms with E-state index < -0.39 is 0 Å². The highest BCUT2D eigenvalue weighted by atomic mass is 127. The number of hydrogen-bond acceptors (Lipinski definition) is 3. The van der Waals surface area contributed by atoms with Crippen LogP contribution in [0, 0.1) is 5.82 Å². The molecule has 138 valence electrons. The number of rotatable bonds is 7. The molecule has 0 saturated carbocycles. The van der Waals surface area contributed by atoms with Crippen molar-refractivity contribution in [1.29, 1.82) is 0 Å². The molecule has 0 fully saturated rings. The molecule has 1 atom stereocenters. The second-order valence-electron chi connectivity index (χ2n) is 5.70. The highest BCUT2D eigenvalue weighted by Gasteiger charge is 2.15. The van der Waals surface area contributed by atoms with E-state index >= 15 is 0 Å². The molecule has 0 amide bonds. The first-order valence-electron chi connectivity index (χ1n) is 8.06. The third-order valence-electron chi connectivity index (χ3n) is 3.64. The van der Waals surface area contributed by atoms with Crippen molar-refractivity contribution in [1.82, 2.24) is 15.5 Å². The number of guanidine groups is 1.